The van der Waals surface area contributed by atoms with Gasteiger partial charge in [-0.2, -0.15) is 0 Å². The third-order valence-electron chi connectivity index (χ3n) is 3.88. The van der Waals surface area contributed by atoms with E-state index in [1.807, 2.05) is 74.5 Å². The molecule has 28 heavy (non-hydrogen) atoms. The Bertz CT molecular complexity index is 885. The van der Waals surface area contributed by atoms with Crippen molar-refractivity contribution in [2.24, 2.45) is 0 Å². The zero-order valence-corrected chi connectivity index (χ0v) is 16.5. The molecular formula is C22H26N4O2. The van der Waals surface area contributed by atoms with Crippen LogP contribution in [0.25, 0.3) is 11.4 Å². The van der Waals surface area contributed by atoms with Crippen molar-refractivity contribution in [3.05, 3.63) is 60.7 Å². The fourth-order valence-electron chi connectivity index (χ4n) is 2.66. The standard InChI is InChI=1S/C22H26N4O2/c1-16(2)28-19-12-8-7-11-18(19)24-21-15-20(23-13-14-27-3)25-22(26-21)17-9-5-4-6-10-17/h4-12,15-16H,13-14H2,1-3H3,(H2,23,24,25,26). The third-order valence-corrected chi connectivity index (χ3v) is 3.88. The molecule has 0 aliphatic heterocycles. The average molecular weight is 378 g/mol. The molecule has 0 atom stereocenters. The van der Waals surface area contributed by atoms with Crippen molar-refractivity contribution in [3.8, 4) is 17.1 Å². The number of aromatic nitrogens is 2. The van der Waals surface area contributed by atoms with Crippen molar-refractivity contribution in [2.45, 2.75) is 20.0 Å². The van der Waals surface area contributed by atoms with Crippen LogP contribution in [0.2, 0.25) is 0 Å². The molecule has 6 heteroatoms. The highest BCUT2D eigenvalue weighted by Crippen LogP contribution is 2.29. The molecule has 0 amide bonds. The molecule has 0 aliphatic rings. The van der Waals surface area contributed by atoms with Crippen molar-refractivity contribution >= 4 is 17.3 Å². The maximum atomic E-state index is 5.90. The molecule has 0 spiro atoms. The summed E-state index contributed by atoms with van der Waals surface area (Å²) in [6.45, 7) is 5.27. The molecule has 0 unspecified atom stereocenters. The number of rotatable bonds is 9. The Morgan fingerprint density at radius 2 is 1.64 bits per heavy atom. The number of hydrogen-bond acceptors (Lipinski definition) is 6. The van der Waals surface area contributed by atoms with Crippen molar-refractivity contribution < 1.29 is 9.47 Å². The summed E-state index contributed by atoms with van der Waals surface area (Å²) in [5.41, 5.74) is 1.81. The first-order chi connectivity index (χ1) is 13.7. The van der Waals surface area contributed by atoms with Crippen LogP contribution in [0.4, 0.5) is 17.3 Å². The highest BCUT2D eigenvalue weighted by Gasteiger charge is 2.10. The van der Waals surface area contributed by atoms with E-state index >= 15 is 0 Å². The van der Waals surface area contributed by atoms with E-state index in [2.05, 4.69) is 15.6 Å². The monoisotopic (exact) mass is 378 g/mol. The lowest BCUT2D eigenvalue weighted by molar-refractivity contribution is 0.210. The average Bonchev–Trinajstić information content (AvgIpc) is 2.70. The number of methoxy groups -OCH3 is 1. The molecule has 146 valence electrons. The van der Waals surface area contributed by atoms with Gasteiger partial charge in [0.1, 0.15) is 17.4 Å². The quantitative estimate of drug-likeness (QED) is 0.525. The van der Waals surface area contributed by atoms with Gasteiger partial charge >= 0.3 is 0 Å². The lowest BCUT2D eigenvalue weighted by atomic mass is 10.2. The van der Waals surface area contributed by atoms with Gasteiger partial charge in [0.05, 0.1) is 18.4 Å². The Morgan fingerprint density at radius 3 is 2.39 bits per heavy atom. The predicted molar refractivity (Wildman–Crippen MR) is 113 cm³/mol. The molecule has 6 nitrogen and oxygen atoms in total. The van der Waals surface area contributed by atoms with Crippen LogP contribution >= 0.6 is 0 Å². The fourth-order valence-corrected chi connectivity index (χ4v) is 2.66. The number of anilines is 3. The summed E-state index contributed by atoms with van der Waals surface area (Å²) in [7, 11) is 1.68. The molecule has 0 fully saturated rings. The Labute approximate surface area is 166 Å². The van der Waals surface area contributed by atoms with Crippen LogP contribution in [-0.2, 0) is 4.74 Å². The second-order valence-corrected chi connectivity index (χ2v) is 6.54. The topological polar surface area (TPSA) is 68.3 Å². The maximum absolute atomic E-state index is 5.90. The van der Waals surface area contributed by atoms with Crippen LogP contribution in [0.5, 0.6) is 5.75 Å². The van der Waals surface area contributed by atoms with Gasteiger partial charge in [-0.05, 0) is 26.0 Å². The van der Waals surface area contributed by atoms with Crippen LogP contribution in [0, 0.1) is 0 Å². The maximum Gasteiger partial charge on any atom is 0.163 e. The van der Waals surface area contributed by atoms with E-state index in [0.717, 1.165) is 22.8 Å². The van der Waals surface area contributed by atoms with E-state index in [9.17, 15) is 0 Å². The van der Waals surface area contributed by atoms with Crippen LogP contribution in [-0.4, -0.2) is 36.3 Å². The molecule has 2 aromatic carbocycles. The Morgan fingerprint density at radius 1 is 0.929 bits per heavy atom. The van der Waals surface area contributed by atoms with Gasteiger partial charge in [-0.3, -0.25) is 0 Å². The Hall–Kier alpha value is -3.12. The lowest BCUT2D eigenvalue weighted by Crippen LogP contribution is -2.11. The van der Waals surface area contributed by atoms with Crippen LogP contribution < -0.4 is 15.4 Å². The summed E-state index contributed by atoms with van der Waals surface area (Å²) in [6, 6.07) is 19.6. The molecule has 1 aromatic heterocycles. The van der Waals surface area contributed by atoms with Gasteiger partial charge in [-0.25, -0.2) is 9.97 Å². The number of nitrogens with one attached hydrogen (secondary N) is 2. The third kappa shape index (κ3) is 5.44. The van der Waals surface area contributed by atoms with Crippen LogP contribution in [0.15, 0.2) is 60.7 Å². The summed E-state index contributed by atoms with van der Waals surface area (Å²) in [6.07, 6.45) is 0.0829. The van der Waals surface area contributed by atoms with E-state index in [0.29, 0.717) is 24.8 Å². The molecular weight excluding hydrogens is 352 g/mol. The molecule has 1 heterocycles. The van der Waals surface area contributed by atoms with Gasteiger partial charge in [0.15, 0.2) is 5.82 Å². The molecule has 0 bridgehead atoms. The molecule has 3 rings (SSSR count). The van der Waals surface area contributed by atoms with Crippen molar-refractivity contribution in [1.29, 1.82) is 0 Å². The number of para-hydroxylation sites is 2. The lowest BCUT2D eigenvalue weighted by Gasteiger charge is -2.16. The Balaban J connectivity index is 1.92. The summed E-state index contributed by atoms with van der Waals surface area (Å²) in [5.74, 6) is 2.85. The second-order valence-electron chi connectivity index (χ2n) is 6.54. The SMILES string of the molecule is COCCNc1cc(Nc2ccccc2OC(C)C)nc(-c2ccccc2)n1. The minimum atomic E-state index is 0.0829. The van der Waals surface area contributed by atoms with Gasteiger partial charge in [-0.1, -0.05) is 42.5 Å². The van der Waals surface area contributed by atoms with Gasteiger partial charge in [0.2, 0.25) is 0 Å². The van der Waals surface area contributed by atoms with Crippen LogP contribution in [0.1, 0.15) is 13.8 Å². The summed E-state index contributed by atoms with van der Waals surface area (Å²) in [5, 5.41) is 6.65. The zero-order valence-electron chi connectivity index (χ0n) is 16.5. The molecule has 0 saturated heterocycles. The van der Waals surface area contributed by atoms with Gasteiger partial charge in [0.25, 0.3) is 0 Å². The second kappa shape index (κ2) is 9.71. The first kappa shape index (κ1) is 19.6. The molecule has 2 N–H and O–H groups in total. The number of nitrogens with zero attached hydrogens (tertiary/aromatic N) is 2. The van der Waals surface area contributed by atoms with Gasteiger partial charge in [-0.15, -0.1) is 0 Å². The minimum absolute atomic E-state index is 0.0829. The minimum Gasteiger partial charge on any atom is -0.489 e. The number of ether oxygens (including phenoxy) is 2. The fraction of sp³-hybridized carbons (Fsp3) is 0.273. The first-order valence-corrected chi connectivity index (χ1v) is 9.35. The first-order valence-electron chi connectivity index (χ1n) is 9.35. The molecule has 0 radical (unpaired) electrons. The number of hydrogen-bond donors (Lipinski definition) is 2. The predicted octanol–water partition coefficient (Wildman–Crippen LogP) is 4.73. The highest BCUT2D eigenvalue weighted by molar-refractivity contribution is 5.68. The summed E-state index contributed by atoms with van der Waals surface area (Å²) < 4.78 is 11.0. The van der Waals surface area contributed by atoms with E-state index in [1.165, 1.54) is 0 Å². The normalized spacial score (nSPS) is 10.7. The van der Waals surface area contributed by atoms with Crippen molar-refractivity contribution in [3.63, 3.8) is 0 Å². The zero-order chi connectivity index (χ0) is 19.8. The Kier molecular flexibility index (Phi) is 6.81. The smallest absolute Gasteiger partial charge is 0.163 e. The molecule has 0 saturated carbocycles. The summed E-state index contributed by atoms with van der Waals surface area (Å²) in [4.78, 5) is 9.34. The van der Waals surface area contributed by atoms with Crippen molar-refractivity contribution in [1.82, 2.24) is 9.97 Å². The summed E-state index contributed by atoms with van der Waals surface area (Å²) >= 11 is 0. The van der Waals surface area contributed by atoms with E-state index in [-0.39, 0.29) is 6.10 Å². The van der Waals surface area contributed by atoms with E-state index in [1.54, 1.807) is 7.11 Å². The molecule has 0 aliphatic carbocycles. The molecule has 3 aromatic rings. The van der Waals surface area contributed by atoms with Gasteiger partial charge < -0.3 is 20.1 Å². The van der Waals surface area contributed by atoms with E-state index < -0.39 is 0 Å². The van der Waals surface area contributed by atoms with Gasteiger partial charge in [0, 0.05) is 25.3 Å². The van der Waals surface area contributed by atoms with Crippen LogP contribution in [0.3, 0.4) is 0 Å². The number of benzene rings is 2. The highest BCUT2D eigenvalue weighted by atomic mass is 16.5. The largest absolute Gasteiger partial charge is 0.489 e. The van der Waals surface area contributed by atoms with E-state index in [4.69, 9.17) is 14.5 Å². The van der Waals surface area contributed by atoms with Crippen molar-refractivity contribution in [2.75, 3.05) is 30.9 Å².